The summed E-state index contributed by atoms with van der Waals surface area (Å²) in [7, 11) is 0. The third-order valence-corrected chi connectivity index (χ3v) is 3.77. The number of hydrogen-bond donors (Lipinski definition) is 1. The highest BCUT2D eigenvalue weighted by Gasteiger charge is 2.23. The number of H-pyrrole nitrogens is 1. The fourth-order valence-electron chi connectivity index (χ4n) is 1.98. The predicted molar refractivity (Wildman–Crippen MR) is 82.9 cm³/mol. The van der Waals surface area contributed by atoms with E-state index in [1.54, 1.807) is 12.5 Å². The van der Waals surface area contributed by atoms with Crippen LogP contribution in [0.5, 0.6) is 0 Å². The second kappa shape index (κ2) is 5.16. The topological polar surface area (TPSA) is 63.6 Å². The van der Waals surface area contributed by atoms with E-state index in [0.29, 0.717) is 10.3 Å². The van der Waals surface area contributed by atoms with Crippen LogP contribution in [-0.2, 0) is 5.41 Å². The van der Waals surface area contributed by atoms with Crippen molar-refractivity contribution in [3.8, 4) is 11.5 Å². The van der Waals surface area contributed by atoms with Crippen LogP contribution in [0.1, 0.15) is 46.4 Å². The van der Waals surface area contributed by atoms with Gasteiger partial charge in [-0.2, -0.15) is 0 Å². The lowest BCUT2D eigenvalue weighted by molar-refractivity contribution is 0.560. The molecule has 0 spiro atoms. The van der Waals surface area contributed by atoms with Crippen molar-refractivity contribution in [1.82, 2.24) is 19.5 Å². The van der Waals surface area contributed by atoms with Crippen LogP contribution in [0.15, 0.2) is 21.8 Å². The molecule has 0 aliphatic rings. The first kappa shape index (κ1) is 15.0. The lowest BCUT2D eigenvalue weighted by Crippen LogP contribution is -2.22. The normalized spacial score (nSPS) is 12.2. The van der Waals surface area contributed by atoms with Crippen molar-refractivity contribution in [2.75, 3.05) is 0 Å². The molecule has 2 aromatic heterocycles. The zero-order valence-electron chi connectivity index (χ0n) is 12.4. The van der Waals surface area contributed by atoms with Gasteiger partial charge in [0, 0.05) is 11.5 Å². The first-order valence-electron chi connectivity index (χ1n) is 6.54. The summed E-state index contributed by atoms with van der Waals surface area (Å²) in [5.41, 5.74) is 1.17. The van der Waals surface area contributed by atoms with Gasteiger partial charge < -0.3 is 9.55 Å². The van der Waals surface area contributed by atoms with E-state index < -0.39 is 0 Å². The van der Waals surface area contributed by atoms with Crippen LogP contribution in [0.2, 0.25) is 0 Å². The molecule has 0 saturated heterocycles. The number of rotatable bonds is 2. The Morgan fingerprint density at radius 1 is 1.35 bits per heavy atom. The van der Waals surface area contributed by atoms with Crippen LogP contribution in [0.4, 0.5) is 0 Å². The van der Waals surface area contributed by atoms with Crippen LogP contribution in [0, 0.1) is 0 Å². The summed E-state index contributed by atoms with van der Waals surface area (Å²) in [4.78, 5) is 23.7. The Labute approximate surface area is 126 Å². The first-order valence-corrected chi connectivity index (χ1v) is 7.33. The third-order valence-electron chi connectivity index (χ3n) is 3.04. The molecule has 2 rings (SSSR count). The van der Waals surface area contributed by atoms with E-state index >= 15 is 0 Å². The molecule has 0 radical (unpaired) electrons. The van der Waals surface area contributed by atoms with Crippen molar-refractivity contribution in [2.45, 2.75) is 46.1 Å². The quantitative estimate of drug-likeness (QED) is 0.913. The second-order valence-electron chi connectivity index (χ2n) is 6.11. The van der Waals surface area contributed by atoms with Gasteiger partial charge >= 0.3 is 0 Å². The molecule has 20 heavy (non-hydrogen) atoms. The number of aromatic amines is 1. The van der Waals surface area contributed by atoms with Gasteiger partial charge in [-0.25, -0.2) is 9.97 Å². The number of aromatic nitrogens is 4. The second-order valence-corrected chi connectivity index (χ2v) is 6.90. The molecule has 0 unspecified atom stereocenters. The fourth-order valence-corrected chi connectivity index (χ4v) is 2.76. The van der Waals surface area contributed by atoms with E-state index in [1.165, 1.54) is 0 Å². The molecule has 2 heterocycles. The minimum Gasteiger partial charge on any atom is -0.326 e. The molecule has 0 atom stereocenters. The fraction of sp³-hybridized carbons (Fsp3) is 0.500. The highest BCUT2D eigenvalue weighted by molar-refractivity contribution is 9.10. The van der Waals surface area contributed by atoms with Gasteiger partial charge in [-0.1, -0.05) is 20.8 Å². The standard InChI is InChI=1S/C14H19BrN4O/c1-8(2)19-7-16-6-9(19)12-17-11(14(3,4)5)10(15)13(20)18-12/h6-8H,1-5H3,(H,17,18,20). The van der Waals surface area contributed by atoms with Crippen molar-refractivity contribution in [2.24, 2.45) is 0 Å². The van der Waals surface area contributed by atoms with E-state index in [9.17, 15) is 4.79 Å². The Bertz CT molecular complexity index is 679. The van der Waals surface area contributed by atoms with E-state index in [2.05, 4.69) is 44.7 Å². The maximum atomic E-state index is 12.1. The number of imidazole rings is 1. The summed E-state index contributed by atoms with van der Waals surface area (Å²) in [6.07, 6.45) is 3.47. The Balaban J connectivity index is 2.68. The molecular weight excluding hydrogens is 320 g/mol. The zero-order chi connectivity index (χ0) is 15.1. The van der Waals surface area contributed by atoms with Gasteiger partial charge in [-0.05, 0) is 29.8 Å². The maximum absolute atomic E-state index is 12.1. The molecule has 0 aliphatic heterocycles. The van der Waals surface area contributed by atoms with E-state index in [-0.39, 0.29) is 17.0 Å². The monoisotopic (exact) mass is 338 g/mol. The zero-order valence-corrected chi connectivity index (χ0v) is 13.9. The molecule has 6 heteroatoms. The third kappa shape index (κ3) is 2.70. The Morgan fingerprint density at radius 3 is 2.55 bits per heavy atom. The van der Waals surface area contributed by atoms with Crippen LogP contribution in [0.3, 0.4) is 0 Å². The van der Waals surface area contributed by atoms with Gasteiger partial charge in [0.25, 0.3) is 5.56 Å². The maximum Gasteiger partial charge on any atom is 0.265 e. The Kier molecular flexibility index (Phi) is 3.86. The summed E-state index contributed by atoms with van der Waals surface area (Å²) < 4.78 is 2.47. The van der Waals surface area contributed by atoms with Crippen LogP contribution < -0.4 is 5.56 Å². The molecule has 0 bridgehead atoms. The largest absolute Gasteiger partial charge is 0.326 e. The number of halogens is 1. The molecule has 108 valence electrons. The van der Waals surface area contributed by atoms with Crippen LogP contribution in [0.25, 0.3) is 11.5 Å². The predicted octanol–water partition coefficient (Wildman–Crippen LogP) is 3.27. The molecule has 1 N–H and O–H groups in total. The smallest absolute Gasteiger partial charge is 0.265 e. The number of nitrogens with zero attached hydrogens (tertiary/aromatic N) is 3. The average molecular weight is 339 g/mol. The first-order chi connectivity index (χ1) is 9.21. The van der Waals surface area contributed by atoms with Crippen LogP contribution in [-0.4, -0.2) is 19.5 Å². The minimum atomic E-state index is -0.218. The molecule has 2 aromatic rings. The molecular formula is C14H19BrN4O. The van der Waals surface area contributed by atoms with Crippen molar-refractivity contribution in [3.63, 3.8) is 0 Å². The average Bonchev–Trinajstić information content (AvgIpc) is 2.80. The Hall–Kier alpha value is -1.43. The van der Waals surface area contributed by atoms with Crippen molar-refractivity contribution < 1.29 is 0 Å². The van der Waals surface area contributed by atoms with Crippen molar-refractivity contribution in [3.05, 3.63) is 33.0 Å². The summed E-state index contributed by atoms with van der Waals surface area (Å²) in [6.45, 7) is 10.2. The molecule has 0 saturated carbocycles. The van der Waals surface area contributed by atoms with Gasteiger partial charge in [0.05, 0.1) is 18.2 Å². The van der Waals surface area contributed by atoms with Gasteiger partial charge in [0.15, 0.2) is 5.82 Å². The summed E-state index contributed by atoms with van der Waals surface area (Å²) in [6, 6.07) is 0.250. The van der Waals surface area contributed by atoms with E-state index in [1.807, 2.05) is 25.3 Å². The van der Waals surface area contributed by atoms with Crippen LogP contribution >= 0.6 is 15.9 Å². The minimum absolute atomic E-state index is 0.170. The highest BCUT2D eigenvalue weighted by Crippen LogP contribution is 2.27. The Morgan fingerprint density at radius 2 is 2.00 bits per heavy atom. The number of nitrogens with one attached hydrogen (secondary N) is 1. The van der Waals surface area contributed by atoms with E-state index in [4.69, 9.17) is 0 Å². The van der Waals surface area contributed by atoms with Crippen molar-refractivity contribution in [1.29, 1.82) is 0 Å². The van der Waals surface area contributed by atoms with Crippen molar-refractivity contribution >= 4 is 15.9 Å². The lowest BCUT2D eigenvalue weighted by atomic mass is 9.92. The molecule has 5 nitrogen and oxygen atoms in total. The van der Waals surface area contributed by atoms with Gasteiger partial charge in [-0.15, -0.1) is 0 Å². The van der Waals surface area contributed by atoms with Gasteiger partial charge in [0.2, 0.25) is 0 Å². The highest BCUT2D eigenvalue weighted by atomic mass is 79.9. The van der Waals surface area contributed by atoms with E-state index in [0.717, 1.165) is 11.4 Å². The SMILES string of the molecule is CC(C)n1cncc1-c1nc(C(C)(C)C)c(Br)c(=O)[nH]1. The van der Waals surface area contributed by atoms with Gasteiger partial charge in [0.1, 0.15) is 10.2 Å². The number of hydrogen-bond acceptors (Lipinski definition) is 3. The molecule has 0 amide bonds. The van der Waals surface area contributed by atoms with Gasteiger partial charge in [-0.3, -0.25) is 4.79 Å². The lowest BCUT2D eigenvalue weighted by Gasteiger charge is -2.20. The molecule has 0 aromatic carbocycles. The molecule has 0 fully saturated rings. The summed E-state index contributed by atoms with van der Waals surface area (Å²) in [5.74, 6) is 0.550. The summed E-state index contributed by atoms with van der Waals surface area (Å²) >= 11 is 3.33. The summed E-state index contributed by atoms with van der Waals surface area (Å²) in [5, 5.41) is 0. The molecule has 0 aliphatic carbocycles.